The minimum absolute atomic E-state index is 0.272. The van der Waals surface area contributed by atoms with Crippen LogP contribution in [0.4, 0.5) is 5.69 Å². The van der Waals surface area contributed by atoms with Crippen molar-refractivity contribution < 1.29 is 14.1 Å². The molecule has 1 N–H and O–H groups in total. The first kappa shape index (κ1) is 16.7. The Morgan fingerprint density at radius 2 is 1.89 bits per heavy atom. The third kappa shape index (κ3) is 3.48. The van der Waals surface area contributed by atoms with Gasteiger partial charge in [0.15, 0.2) is 5.76 Å². The van der Waals surface area contributed by atoms with Gasteiger partial charge in [0.1, 0.15) is 5.52 Å². The maximum Gasteiger partial charge on any atom is 0.316 e. The lowest BCUT2D eigenvalue weighted by Crippen LogP contribution is -2.12. The van der Waals surface area contributed by atoms with Crippen LogP contribution in [-0.4, -0.2) is 27.6 Å². The Labute approximate surface area is 155 Å². The summed E-state index contributed by atoms with van der Waals surface area (Å²) >= 11 is 0. The zero-order chi connectivity index (χ0) is 18.6. The second kappa shape index (κ2) is 7.25. The first-order chi connectivity index (χ1) is 13.2. The molecule has 0 aliphatic rings. The van der Waals surface area contributed by atoms with Gasteiger partial charge in [0.25, 0.3) is 5.91 Å². The first-order valence-electron chi connectivity index (χ1n) is 8.45. The average molecular weight is 360 g/mol. The van der Waals surface area contributed by atoms with Crippen molar-refractivity contribution in [2.45, 2.75) is 6.92 Å². The molecule has 0 saturated carbocycles. The molecule has 4 aromatic rings. The zero-order valence-electron chi connectivity index (χ0n) is 14.5. The smallest absolute Gasteiger partial charge is 0.316 e. The zero-order valence-corrected chi connectivity index (χ0v) is 14.5. The molecule has 1 amide bonds. The highest BCUT2D eigenvalue weighted by atomic mass is 16.5. The number of rotatable bonds is 5. The summed E-state index contributed by atoms with van der Waals surface area (Å²) in [5.41, 5.74) is 2.56. The van der Waals surface area contributed by atoms with E-state index in [4.69, 9.17) is 9.26 Å². The Kier molecular flexibility index (Phi) is 4.49. The van der Waals surface area contributed by atoms with Gasteiger partial charge in [-0.15, -0.1) is 0 Å². The number of aromatic nitrogens is 3. The summed E-state index contributed by atoms with van der Waals surface area (Å²) in [7, 11) is 0. The minimum atomic E-state index is -0.273. The summed E-state index contributed by atoms with van der Waals surface area (Å²) < 4.78 is 10.7. The fourth-order valence-corrected chi connectivity index (χ4v) is 2.67. The number of carbonyl (C=O) groups is 1. The second-order valence-electron chi connectivity index (χ2n) is 5.75. The van der Waals surface area contributed by atoms with Gasteiger partial charge in [0.05, 0.1) is 30.1 Å². The minimum Gasteiger partial charge on any atom is -0.464 e. The number of benzene rings is 2. The summed E-state index contributed by atoms with van der Waals surface area (Å²) in [5.74, 6) is 0.356. The maximum absolute atomic E-state index is 12.6. The van der Waals surface area contributed by atoms with Crippen molar-refractivity contribution in [2.24, 2.45) is 0 Å². The number of amides is 1. The second-order valence-corrected chi connectivity index (χ2v) is 5.75. The molecule has 0 fully saturated rings. The molecule has 134 valence electrons. The molecule has 0 saturated heterocycles. The number of hydrogen-bond donors (Lipinski definition) is 1. The van der Waals surface area contributed by atoms with Crippen molar-refractivity contribution in [3.05, 3.63) is 66.5 Å². The topological polar surface area (TPSA) is 90.1 Å². The van der Waals surface area contributed by atoms with Crippen LogP contribution in [0.2, 0.25) is 0 Å². The Morgan fingerprint density at radius 1 is 1.11 bits per heavy atom. The molecule has 2 aromatic heterocycles. The van der Waals surface area contributed by atoms with Crippen molar-refractivity contribution in [1.29, 1.82) is 0 Å². The van der Waals surface area contributed by atoms with Crippen molar-refractivity contribution >= 4 is 22.5 Å². The van der Waals surface area contributed by atoms with E-state index in [1.54, 1.807) is 18.2 Å². The Balaban J connectivity index is 1.60. The lowest BCUT2D eigenvalue weighted by Gasteiger charge is -2.06. The van der Waals surface area contributed by atoms with Gasteiger partial charge in [-0.3, -0.25) is 4.79 Å². The molecular weight excluding hydrogens is 344 g/mol. The summed E-state index contributed by atoms with van der Waals surface area (Å²) in [5, 5.41) is 7.61. The monoisotopic (exact) mass is 360 g/mol. The van der Waals surface area contributed by atoms with E-state index in [0.29, 0.717) is 29.1 Å². The number of nitrogens with zero attached hydrogens (tertiary/aromatic N) is 3. The van der Waals surface area contributed by atoms with E-state index in [-0.39, 0.29) is 11.9 Å². The van der Waals surface area contributed by atoms with Crippen LogP contribution in [-0.2, 0) is 0 Å². The number of carbonyl (C=O) groups excluding carboxylic acids is 1. The molecule has 0 radical (unpaired) electrons. The van der Waals surface area contributed by atoms with Crippen molar-refractivity contribution in [3.63, 3.8) is 0 Å². The molecule has 2 aromatic carbocycles. The average Bonchev–Trinajstić information content (AvgIpc) is 3.13. The molecule has 0 aliphatic heterocycles. The van der Waals surface area contributed by atoms with Crippen LogP contribution in [0.15, 0.2) is 65.4 Å². The molecule has 27 heavy (non-hydrogen) atoms. The van der Waals surface area contributed by atoms with Crippen LogP contribution < -0.4 is 10.1 Å². The SMILES string of the molecule is CCOc1ncc(NC(=O)c2ccc3noc(-c4ccccc4)c3c2)cn1. The predicted molar refractivity (Wildman–Crippen MR) is 101 cm³/mol. The van der Waals surface area contributed by atoms with Gasteiger partial charge in [-0.25, -0.2) is 9.97 Å². The van der Waals surface area contributed by atoms with Crippen LogP contribution >= 0.6 is 0 Å². The maximum atomic E-state index is 12.6. The Bertz CT molecular complexity index is 1080. The van der Waals surface area contributed by atoms with Gasteiger partial charge >= 0.3 is 6.01 Å². The van der Waals surface area contributed by atoms with Crippen LogP contribution in [0.25, 0.3) is 22.2 Å². The van der Waals surface area contributed by atoms with Crippen LogP contribution in [0, 0.1) is 0 Å². The summed E-state index contributed by atoms with van der Waals surface area (Å²) in [4.78, 5) is 20.7. The van der Waals surface area contributed by atoms with Gasteiger partial charge in [-0.05, 0) is 25.1 Å². The van der Waals surface area contributed by atoms with Crippen LogP contribution in [0.1, 0.15) is 17.3 Å². The van der Waals surface area contributed by atoms with Crippen molar-refractivity contribution in [3.8, 4) is 17.3 Å². The van der Waals surface area contributed by atoms with Gasteiger partial charge in [0.2, 0.25) is 0 Å². The Hall–Kier alpha value is -3.74. The highest BCUT2D eigenvalue weighted by Gasteiger charge is 2.14. The number of ether oxygens (including phenoxy) is 1. The largest absolute Gasteiger partial charge is 0.464 e. The predicted octanol–water partition coefficient (Wildman–Crippen LogP) is 3.94. The third-order valence-electron chi connectivity index (χ3n) is 3.93. The van der Waals surface area contributed by atoms with Gasteiger partial charge in [-0.2, -0.15) is 0 Å². The molecule has 0 unspecified atom stereocenters. The molecule has 0 aliphatic carbocycles. The first-order valence-corrected chi connectivity index (χ1v) is 8.45. The lowest BCUT2D eigenvalue weighted by molar-refractivity contribution is 0.102. The highest BCUT2D eigenvalue weighted by Crippen LogP contribution is 2.29. The molecule has 0 atom stereocenters. The van der Waals surface area contributed by atoms with Crippen molar-refractivity contribution in [1.82, 2.24) is 15.1 Å². The number of fused-ring (bicyclic) bond motifs is 1. The van der Waals surface area contributed by atoms with Gasteiger partial charge in [-0.1, -0.05) is 35.5 Å². The van der Waals surface area contributed by atoms with E-state index >= 15 is 0 Å². The molecular formula is C20H16N4O3. The number of nitrogens with one attached hydrogen (secondary N) is 1. The normalized spacial score (nSPS) is 10.7. The molecule has 7 nitrogen and oxygen atoms in total. The fourth-order valence-electron chi connectivity index (χ4n) is 2.67. The summed E-state index contributed by atoms with van der Waals surface area (Å²) in [6.45, 7) is 2.33. The van der Waals surface area contributed by atoms with Crippen LogP contribution in [0.5, 0.6) is 6.01 Å². The summed E-state index contributed by atoms with van der Waals surface area (Å²) in [6.07, 6.45) is 3.01. The van der Waals surface area contributed by atoms with E-state index < -0.39 is 0 Å². The highest BCUT2D eigenvalue weighted by molar-refractivity contribution is 6.07. The van der Waals surface area contributed by atoms with Crippen LogP contribution in [0.3, 0.4) is 0 Å². The van der Waals surface area contributed by atoms with E-state index in [2.05, 4.69) is 20.4 Å². The third-order valence-corrected chi connectivity index (χ3v) is 3.93. The number of hydrogen-bond acceptors (Lipinski definition) is 6. The van der Waals surface area contributed by atoms with E-state index in [0.717, 1.165) is 10.9 Å². The Morgan fingerprint density at radius 3 is 2.63 bits per heavy atom. The molecule has 7 heteroatoms. The lowest BCUT2D eigenvalue weighted by atomic mass is 10.1. The van der Waals surface area contributed by atoms with Crippen molar-refractivity contribution in [2.75, 3.05) is 11.9 Å². The molecule has 0 spiro atoms. The summed E-state index contributed by atoms with van der Waals surface area (Å²) in [6, 6.07) is 15.1. The van der Waals surface area contributed by atoms with Gasteiger partial charge in [0, 0.05) is 11.1 Å². The molecule has 0 bridgehead atoms. The quantitative estimate of drug-likeness (QED) is 0.580. The molecule has 2 heterocycles. The van der Waals surface area contributed by atoms with E-state index in [1.165, 1.54) is 12.4 Å². The van der Waals surface area contributed by atoms with E-state index in [9.17, 15) is 4.79 Å². The molecule has 4 rings (SSSR count). The van der Waals surface area contributed by atoms with Gasteiger partial charge < -0.3 is 14.6 Å². The number of anilines is 1. The fraction of sp³-hybridized carbons (Fsp3) is 0.100. The van der Waals surface area contributed by atoms with E-state index in [1.807, 2.05) is 37.3 Å². The standard InChI is InChI=1S/C20H16N4O3/c1-2-26-20-21-11-15(12-22-20)23-19(25)14-8-9-17-16(10-14)18(27-24-17)13-6-4-3-5-7-13/h3-12H,2H2,1H3,(H,23,25).